The minimum atomic E-state index is -0.0787. The zero-order valence-corrected chi connectivity index (χ0v) is 11.1. The number of amides is 1. The molecule has 0 bridgehead atoms. The molecular formula is C12H16BrNO2. The largest absolute Gasteiger partial charge is 0.375 e. The molecule has 3 nitrogen and oxygen atoms in total. The van der Waals surface area contributed by atoms with Crippen molar-refractivity contribution < 1.29 is 9.53 Å². The fraction of sp³-hybridized carbons (Fsp3) is 0.417. The van der Waals surface area contributed by atoms with Crippen molar-refractivity contribution in [2.45, 2.75) is 19.4 Å². The molecule has 0 spiro atoms. The topological polar surface area (TPSA) is 38.3 Å². The third-order valence-electron chi connectivity index (χ3n) is 2.11. The summed E-state index contributed by atoms with van der Waals surface area (Å²) in [4.78, 5) is 11.3. The summed E-state index contributed by atoms with van der Waals surface area (Å²) >= 11 is 3.42. The minimum absolute atomic E-state index is 0.0787. The zero-order chi connectivity index (χ0) is 12.0. The molecule has 0 aliphatic carbocycles. The summed E-state index contributed by atoms with van der Waals surface area (Å²) in [6.07, 6.45) is 0.814. The molecule has 1 aromatic rings. The van der Waals surface area contributed by atoms with Crippen LogP contribution in [0.1, 0.15) is 12.5 Å². The summed E-state index contributed by atoms with van der Waals surface area (Å²) in [5.41, 5.74) is 1.19. The first-order valence-corrected chi connectivity index (χ1v) is 5.94. The van der Waals surface area contributed by atoms with Crippen LogP contribution in [0.25, 0.3) is 0 Å². The number of rotatable bonds is 5. The van der Waals surface area contributed by atoms with Gasteiger partial charge in [-0.15, -0.1) is 0 Å². The highest BCUT2D eigenvalue weighted by molar-refractivity contribution is 9.10. The van der Waals surface area contributed by atoms with Gasteiger partial charge in [-0.05, 0) is 31.0 Å². The number of hydrogen-bond donors (Lipinski definition) is 1. The maximum atomic E-state index is 11.3. The van der Waals surface area contributed by atoms with Gasteiger partial charge in [-0.1, -0.05) is 28.1 Å². The van der Waals surface area contributed by atoms with Gasteiger partial charge in [-0.25, -0.2) is 0 Å². The molecule has 1 amide bonds. The van der Waals surface area contributed by atoms with E-state index in [1.165, 1.54) is 12.7 Å². The highest BCUT2D eigenvalue weighted by Gasteiger charge is 2.07. The Labute approximate surface area is 104 Å². The van der Waals surface area contributed by atoms with E-state index in [1.54, 1.807) is 0 Å². The second-order valence-electron chi connectivity index (χ2n) is 3.74. The van der Waals surface area contributed by atoms with Crippen molar-refractivity contribution in [2.24, 2.45) is 0 Å². The highest BCUT2D eigenvalue weighted by Crippen LogP contribution is 2.12. The van der Waals surface area contributed by atoms with Crippen LogP contribution in [0.15, 0.2) is 28.7 Å². The normalized spacial score (nSPS) is 12.2. The predicted octanol–water partition coefficient (Wildman–Crippen LogP) is 2.14. The van der Waals surface area contributed by atoms with E-state index < -0.39 is 0 Å². The lowest BCUT2D eigenvalue weighted by Crippen LogP contribution is -2.36. The Balaban J connectivity index is 2.45. The average Bonchev–Trinajstić information content (AvgIpc) is 2.17. The second-order valence-corrected chi connectivity index (χ2v) is 4.65. The number of carbonyl (C=O) groups is 1. The molecule has 0 unspecified atom stereocenters. The van der Waals surface area contributed by atoms with Crippen molar-refractivity contribution in [3.05, 3.63) is 34.3 Å². The Morgan fingerprint density at radius 3 is 2.94 bits per heavy atom. The minimum Gasteiger partial charge on any atom is -0.375 e. The number of nitrogens with one attached hydrogen (secondary N) is 1. The molecule has 88 valence electrons. The number of benzene rings is 1. The molecule has 0 fully saturated rings. The van der Waals surface area contributed by atoms with Crippen LogP contribution in [0.5, 0.6) is 0 Å². The molecule has 0 saturated heterocycles. The summed E-state index contributed by atoms with van der Waals surface area (Å²) in [6, 6.07) is 8.18. The number of methoxy groups -OCH3 is 1. The summed E-state index contributed by atoms with van der Waals surface area (Å²) in [7, 11) is 1.51. The molecule has 0 aromatic heterocycles. The van der Waals surface area contributed by atoms with E-state index in [1.807, 2.05) is 25.1 Å². The summed E-state index contributed by atoms with van der Waals surface area (Å²) < 4.78 is 5.81. The van der Waals surface area contributed by atoms with Crippen LogP contribution in [0.4, 0.5) is 0 Å². The molecule has 4 heteroatoms. The quantitative estimate of drug-likeness (QED) is 0.900. The van der Waals surface area contributed by atoms with E-state index in [0.29, 0.717) is 0 Å². The van der Waals surface area contributed by atoms with Crippen LogP contribution in [-0.4, -0.2) is 25.7 Å². The molecular weight excluding hydrogens is 270 g/mol. The molecule has 1 aromatic carbocycles. The van der Waals surface area contributed by atoms with E-state index in [-0.39, 0.29) is 18.6 Å². The highest BCUT2D eigenvalue weighted by atomic mass is 79.9. The van der Waals surface area contributed by atoms with Gasteiger partial charge in [0.15, 0.2) is 0 Å². The lowest BCUT2D eigenvalue weighted by Gasteiger charge is -2.13. The Kier molecular flexibility index (Phi) is 5.49. The van der Waals surface area contributed by atoms with Gasteiger partial charge < -0.3 is 10.1 Å². The Morgan fingerprint density at radius 2 is 2.31 bits per heavy atom. The van der Waals surface area contributed by atoms with Crippen LogP contribution in [0.3, 0.4) is 0 Å². The Hall–Kier alpha value is -0.870. The van der Waals surface area contributed by atoms with Crippen molar-refractivity contribution in [1.29, 1.82) is 0 Å². The third-order valence-corrected chi connectivity index (χ3v) is 2.61. The SMILES string of the molecule is COCC(=O)N[C@H](C)Cc1cccc(Br)c1. The first-order valence-electron chi connectivity index (χ1n) is 5.14. The third kappa shape index (κ3) is 4.77. The van der Waals surface area contributed by atoms with E-state index >= 15 is 0 Å². The second kappa shape index (κ2) is 6.66. The number of halogens is 1. The number of ether oxygens (including phenoxy) is 1. The van der Waals surface area contributed by atoms with Crippen LogP contribution in [-0.2, 0) is 16.0 Å². The van der Waals surface area contributed by atoms with Gasteiger partial charge in [-0.3, -0.25) is 4.79 Å². The number of hydrogen-bond acceptors (Lipinski definition) is 2. The summed E-state index contributed by atoms with van der Waals surface area (Å²) in [5, 5.41) is 2.87. The first kappa shape index (κ1) is 13.2. The monoisotopic (exact) mass is 285 g/mol. The Morgan fingerprint density at radius 1 is 1.56 bits per heavy atom. The molecule has 0 aliphatic heterocycles. The predicted molar refractivity (Wildman–Crippen MR) is 67.3 cm³/mol. The van der Waals surface area contributed by atoms with Gasteiger partial charge >= 0.3 is 0 Å². The molecule has 0 saturated carbocycles. The van der Waals surface area contributed by atoms with Gasteiger partial charge in [0.25, 0.3) is 0 Å². The smallest absolute Gasteiger partial charge is 0.246 e. The number of carbonyl (C=O) groups excluding carboxylic acids is 1. The van der Waals surface area contributed by atoms with Crippen molar-refractivity contribution in [1.82, 2.24) is 5.32 Å². The van der Waals surface area contributed by atoms with Crippen LogP contribution in [0, 0.1) is 0 Å². The van der Waals surface area contributed by atoms with E-state index in [2.05, 4.69) is 27.3 Å². The van der Waals surface area contributed by atoms with E-state index in [0.717, 1.165) is 10.9 Å². The standard InChI is InChI=1S/C12H16BrNO2/c1-9(14-12(15)8-16-2)6-10-4-3-5-11(13)7-10/h3-5,7,9H,6,8H2,1-2H3,(H,14,15)/t9-/m1/s1. The van der Waals surface area contributed by atoms with Crippen LogP contribution < -0.4 is 5.32 Å². The lowest BCUT2D eigenvalue weighted by molar-refractivity contribution is -0.125. The van der Waals surface area contributed by atoms with Gasteiger partial charge in [0.05, 0.1) is 0 Å². The molecule has 0 heterocycles. The van der Waals surface area contributed by atoms with E-state index in [4.69, 9.17) is 4.74 Å². The fourth-order valence-electron chi connectivity index (χ4n) is 1.52. The van der Waals surface area contributed by atoms with Gasteiger partial charge in [0.1, 0.15) is 6.61 Å². The van der Waals surface area contributed by atoms with Gasteiger partial charge in [0, 0.05) is 17.6 Å². The van der Waals surface area contributed by atoms with Crippen molar-refractivity contribution in [3.63, 3.8) is 0 Å². The average molecular weight is 286 g/mol. The van der Waals surface area contributed by atoms with Crippen molar-refractivity contribution >= 4 is 21.8 Å². The van der Waals surface area contributed by atoms with E-state index in [9.17, 15) is 4.79 Å². The van der Waals surface area contributed by atoms with Crippen molar-refractivity contribution in [2.75, 3.05) is 13.7 Å². The lowest BCUT2D eigenvalue weighted by atomic mass is 10.1. The van der Waals surface area contributed by atoms with Gasteiger partial charge in [-0.2, -0.15) is 0 Å². The maximum absolute atomic E-state index is 11.3. The zero-order valence-electron chi connectivity index (χ0n) is 9.50. The molecule has 0 aliphatic rings. The fourth-order valence-corrected chi connectivity index (χ4v) is 1.96. The summed E-state index contributed by atoms with van der Waals surface area (Å²) in [5.74, 6) is -0.0787. The maximum Gasteiger partial charge on any atom is 0.246 e. The molecule has 1 atom stereocenters. The van der Waals surface area contributed by atoms with Crippen LogP contribution in [0.2, 0.25) is 0 Å². The summed E-state index contributed by atoms with van der Waals surface area (Å²) in [6.45, 7) is 2.09. The molecule has 1 rings (SSSR count). The van der Waals surface area contributed by atoms with Crippen LogP contribution >= 0.6 is 15.9 Å². The first-order chi connectivity index (χ1) is 7.61. The molecule has 1 N–H and O–H groups in total. The Bertz CT molecular complexity index is 355. The molecule has 16 heavy (non-hydrogen) atoms. The van der Waals surface area contributed by atoms with Gasteiger partial charge in [0.2, 0.25) is 5.91 Å². The molecule has 0 radical (unpaired) electrons. The van der Waals surface area contributed by atoms with Crippen molar-refractivity contribution in [3.8, 4) is 0 Å².